The predicted molar refractivity (Wildman–Crippen MR) is 107 cm³/mol. The molecular formula is C19H30ClN5O. The Hall–Kier alpha value is -1.50. The number of halogens is 1. The number of nitrogens with zero attached hydrogens (tertiary/aromatic N) is 3. The fraction of sp³-hybridized carbons (Fsp3) is 0.632. The van der Waals surface area contributed by atoms with Crippen LogP contribution in [0.15, 0.2) is 23.2 Å². The van der Waals surface area contributed by atoms with Gasteiger partial charge in [-0.05, 0) is 31.0 Å². The lowest BCUT2D eigenvalue weighted by molar-refractivity contribution is 0.0174. The largest absolute Gasteiger partial charge is 0.497 e. The van der Waals surface area contributed by atoms with Crippen LogP contribution in [0.4, 0.5) is 0 Å². The molecule has 0 aliphatic carbocycles. The second kappa shape index (κ2) is 9.44. The van der Waals surface area contributed by atoms with Crippen LogP contribution in [0.5, 0.6) is 5.75 Å². The van der Waals surface area contributed by atoms with Gasteiger partial charge >= 0.3 is 0 Å². The highest BCUT2D eigenvalue weighted by Gasteiger charge is 2.31. The SMILES string of the molecule is CCNC(=NCC1CN2CCN1CC2)NCCc1ccc(OC)cc1Cl. The molecule has 3 heterocycles. The highest BCUT2D eigenvalue weighted by Crippen LogP contribution is 2.22. The van der Waals surface area contributed by atoms with Crippen molar-refractivity contribution in [3.63, 3.8) is 0 Å². The van der Waals surface area contributed by atoms with Gasteiger partial charge in [0.25, 0.3) is 0 Å². The lowest BCUT2D eigenvalue weighted by Crippen LogP contribution is -2.62. The molecule has 3 saturated heterocycles. The van der Waals surface area contributed by atoms with E-state index >= 15 is 0 Å². The number of benzene rings is 1. The minimum Gasteiger partial charge on any atom is -0.497 e. The summed E-state index contributed by atoms with van der Waals surface area (Å²) in [6, 6.07) is 6.37. The first-order valence-electron chi connectivity index (χ1n) is 9.50. The number of methoxy groups -OCH3 is 1. The van der Waals surface area contributed by atoms with Crippen molar-refractivity contribution in [1.29, 1.82) is 0 Å². The van der Waals surface area contributed by atoms with Crippen LogP contribution in [-0.2, 0) is 6.42 Å². The zero-order valence-electron chi connectivity index (χ0n) is 15.8. The zero-order valence-corrected chi connectivity index (χ0v) is 16.6. The van der Waals surface area contributed by atoms with Crippen molar-refractivity contribution in [3.05, 3.63) is 28.8 Å². The first-order valence-corrected chi connectivity index (χ1v) is 9.88. The summed E-state index contributed by atoms with van der Waals surface area (Å²) in [4.78, 5) is 9.93. The molecule has 0 amide bonds. The van der Waals surface area contributed by atoms with E-state index in [0.29, 0.717) is 6.04 Å². The van der Waals surface area contributed by atoms with Crippen LogP contribution in [0.3, 0.4) is 0 Å². The molecule has 4 rings (SSSR count). The number of hydrogen-bond acceptors (Lipinski definition) is 4. The third-order valence-electron chi connectivity index (χ3n) is 5.14. The number of rotatable bonds is 7. The van der Waals surface area contributed by atoms with E-state index in [-0.39, 0.29) is 0 Å². The molecule has 0 radical (unpaired) electrons. The number of hydrogen-bond donors (Lipinski definition) is 2. The van der Waals surface area contributed by atoms with Gasteiger partial charge in [0.1, 0.15) is 5.75 Å². The molecule has 0 aromatic heterocycles. The van der Waals surface area contributed by atoms with Crippen LogP contribution in [0, 0.1) is 0 Å². The molecule has 6 nitrogen and oxygen atoms in total. The number of ether oxygens (including phenoxy) is 1. The Kier molecular flexibility index (Phi) is 7.00. The van der Waals surface area contributed by atoms with E-state index in [2.05, 4.69) is 27.4 Å². The van der Waals surface area contributed by atoms with Gasteiger partial charge in [0, 0.05) is 56.9 Å². The summed E-state index contributed by atoms with van der Waals surface area (Å²) in [5.74, 6) is 1.67. The molecule has 1 atom stereocenters. The molecule has 26 heavy (non-hydrogen) atoms. The number of guanidine groups is 1. The Balaban J connectivity index is 1.50. The highest BCUT2D eigenvalue weighted by molar-refractivity contribution is 6.31. The van der Waals surface area contributed by atoms with Crippen LogP contribution in [-0.4, -0.2) is 81.3 Å². The first-order chi connectivity index (χ1) is 12.7. The predicted octanol–water partition coefficient (Wildman–Crippen LogP) is 1.45. The maximum atomic E-state index is 6.32. The van der Waals surface area contributed by atoms with E-state index < -0.39 is 0 Å². The average Bonchev–Trinajstić information content (AvgIpc) is 2.68. The molecule has 1 aromatic rings. The molecule has 0 spiro atoms. The van der Waals surface area contributed by atoms with Crippen LogP contribution in [0.25, 0.3) is 0 Å². The Morgan fingerprint density at radius 2 is 2.08 bits per heavy atom. The molecule has 3 fully saturated rings. The lowest BCUT2D eigenvalue weighted by atomic mass is 10.1. The topological polar surface area (TPSA) is 52.1 Å². The molecular weight excluding hydrogens is 350 g/mol. The molecule has 3 aliphatic rings. The van der Waals surface area contributed by atoms with Crippen LogP contribution in [0.2, 0.25) is 5.02 Å². The van der Waals surface area contributed by atoms with Crippen molar-refractivity contribution in [2.24, 2.45) is 4.99 Å². The number of piperazine rings is 3. The van der Waals surface area contributed by atoms with Gasteiger partial charge in [-0.2, -0.15) is 0 Å². The maximum Gasteiger partial charge on any atom is 0.191 e. The fourth-order valence-corrected chi connectivity index (χ4v) is 3.87. The van der Waals surface area contributed by atoms with Gasteiger partial charge in [-0.15, -0.1) is 0 Å². The van der Waals surface area contributed by atoms with E-state index in [9.17, 15) is 0 Å². The maximum absolute atomic E-state index is 6.32. The summed E-state index contributed by atoms with van der Waals surface area (Å²) in [6.07, 6.45) is 0.844. The van der Waals surface area contributed by atoms with Gasteiger partial charge in [0.15, 0.2) is 5.96 Å². The molecule has 1 aromatic carbocycles. The number of aliphatic imine (C=N–C) groups is 1. The summed E-state index contributed by atoms with van der Waals surface area (Å²) >= 11 is 6.32. The highest BCUT2D eigenvalue weighted by atomic mass is 35.5. The van der Waals surface area contributed by atoms with E-state index in [0.717, 1.165) is 54.9 Å². The monoisotopic (exact) mass is 379 g/mol. The van der Waals surface area contributed by atoms with Gasteiger partial charge < -0.3 is 15.4 Å². The Morgan fingerprint density at radius 3 is 2.69 bits per heavy atom. The van der Waals surface area contributed by atoms with Crippen LogP contribution >= 0.6 is 11.6 Å². The smallest absolute Gasteiger partial charge is 0.191 e. The second-order valence-electron chi connectivity index (χ2n) is 6.84. The second-order valence-corrected chi connectivity index (χ2v) is 7.25. The van der Waals surface area contributed by atoms with Crippen molar-refractivity contribution in [2.75, 3.05) is 59.5 Å². The van der Waals surface area contributed by atoms with Crippen molar-refractivity contribution in [3.8, 4) is 5.75 Å². The summed E-state index contributed by atoms with van der Waals surface area (Å²) in [7, 11) is 1.65. The van der Waals surface area contributed by atoms with Crippen molar-refractivity contribution in [1.82, 2.24) is 20.4 Å². The summed E-state index contributed by atoms with van der Waals surface area (Å²) in [6.45, 7) is 10.5. The molecule has 0 saturated carbocycles. The minimum absolute atomic E-state index is 0.545. The van der Waals surface area contributed by atoms with Gasteiger partial charge in [-0.1, -0.05) is 17.7 Å². The molecule has 3 aliphatic heterocycles. The minimum atomic E-state index is 0.545. The zero-order chi connectivity index (χ0) is 18.4. The van der Waals surface area contributed by atoms with Gasteiger partial charge in [-0.3, -0.25) is 14.8 Å². The number of fused-ring (bicyclic) bond motifs is 3. The van der Waals surface area contributed by atoms with E-state index in [1.165, 1.54) is 26.2 Å². The quantitative estimate of drug-likeness (QED) is 0.554. The molecule has 144 valence electrons. The normalized spacial score (nSPS) is 25.2. The molecule has 1 unspecified atom stereocenters. The van der Waals surface area contributed by atoms with Crippen molar-refractivity contribution in [2.45, 2.75) is 19.4 Å². The van der Waals surface area contributed by atoms with E-state index in [4.69, 9.17) is 21.3 Å². The Bertz CT molecular complexity index is 616. The van der Waals surface area contributed by atoms with E-state index in [1.807, 2.05) is 18.2 Å². The van der Waals surface area contributed by atoms with Gasteiger partial charge in [0.05, 0.1) is 13.7 Å². The lowest BCUT2D eigenvalue weighted by Gasteiger charge is -2.47. The molecule has 2 bridgehead atoms. The first kappa shape index (κ1) is 19.3. The van der Waals surface area contributed by atoms with E-state index in [1.54, 1.807) is 7.11 Å². The summed E-state index contributed by atoms with van der Waals surface area (Å²) in [5, 5.41) is 7.51. The third-order valence-corrected chi connectivity index (χ3v) is 5.50. The summed E-state index contributed by atoms with van der Waals surface area (Å²) in [5.41, 5.74) is 1.11. The van der Waals surface area contributed by atoms with Crippen LogP contribution in [0.1, 0.15) is 12.5 Å². The molecule has 2 N–H and O–H groups in total. The van der Waals surface area contributed by atoms with Gasteiger partial charge in [-0.25, -0.2) is 0 Å². The fourth-order valence-electron chi connectivity index (χ4n) is 3.61. The Morgan fingerprint density at radius 1 is 1.27 bits per heavy atom. The van der Waals surface area contributed by atoms with Crippen molar-refractivity contribution >= 4 is 17.6 Å². The molecule has 7 heteroatoms. The number of nitrogens with one attached hydrogen (secondary N) is 2. The third kappa shape index (κ3) is 5.02. The van der Waals surface area contributed by atoms with Crippen LogP contribution < -0.4 is 15.4 Å². The summed E-state index contributed by atoms with van der Waals surface area (Å²) < 4.78 is 5.20. The Labute approximate surface area is 161 Å². The van der Waals surface area contributed by atoms with Crippen molar-refractivity contribution < 1.29 is 4.74 Å². The average molecular weight is 380 g/mol. The van der Waals surface area contributed by atoms with Gasteiger partial charge in [0.2, 0.25) is 0 Å². The standard InChI is InChI=1S/C19H30ClN5O/c1-3-21-19(23-13-16-14-24-8-10-25(16)11-9-24)22-7-6-15-4-5-17(26-2)12-18(15)20/h4-5,12,16H,3,6-11,13-14H2,1-2H3,(H2,21,22,23).